The lowest BCUT2D eigenvalue weighted by molar-refractivity contribution is -0.134. The first kappa shape index (κ1) is 27.1. The summed E-state index contributed by atoms with van der Waals surface area (Å²) in [6, 6.07) is 8.47. The highest BCUT2D eigenvalue weighted by Crippen LogP contribution is 2.26. The molecule has 2 aromatic rings. The number of pyridine rings is 1. The average molecular weight is 497 g/mol. The number of hydrogen-bond acceptors (Lipinski definition) is 6. The van der Waals surface area contributed by atoms with E-state index < -0.39 is 0 Å². The van der Waals surface area contributed by atoms with Crippen LogP contribution in [0.5, 0.6) is 5.75 Å². The van der Waals surface area contributed by atoms with Crippen LogP contribution in [0.2, 0.25) is 0 Å². The van der Waals surface area contributed by atoms with Gasteiger partial charge in [-0.1, -0.05) is 19.9 Å². The van der Waals surface area contributed by atoms with Crippen molar-refractivity contribution in [1.82, 2.24) is 14.8 Å². The van der Waals surface area contributed by atoms with Gasteiger partial charge >= 0.3 is 0 Å². The zero-order valence-electron chi connectivity index (χ0n) is 21.7. The maximum atomic E-state index is 13.4. The van der Waals surface area contributed by atoms with Crippen molar-refractivity contribution in [2.45, 2.75) is 45.8 Å². The fourth-order valence-electron chi connectivity index (χ4n) is 4.23. The van der Waals surface area contributed by atoms with E-state index in [1.54, 1.807) is 56.6 Å². The average Bonchev–Trinajstić information content (AvgIpc) is 2.88. The molecule has 1 N–H and O–H groups in total. The Kier molecular flexibility index (Phi) is 9.41. The lowest BCUT2D eigenvalue weighted by Crippen LogP contribution is -2.49. The van der Waals surface area contributed by atoms with E-state index in [1.807, 2.05) is 30.9 Å². The first-order chi connectivity index (χ1) is 17.2. The SMILES string of the molecule is CCC(=O)Nc1ccc2c(c1)C(=O)N(C)C[C@H](OC)[C@@H](C)CN(C(=O)Cc1cccnc1)[C@H](C)CO2. The number of rotatable bonds is 5. The highest BCUT2D eigenvalue weighted by atomic mass is 16.5. The van der Waals surface area contributed by atoms with Crippen LogP contribution in [0, 0.1) is 5.92 Å². The number of ether oxygens (including phenoxy) is 2. The predicted octanol–water partition coefficient (Wildman–Crippen LogP) is 3.01. The Hall–Kier alpha value is -3.46. The van der Waals surface area contributed by atoms with Crippen LogP contribution >= 0.6 is 0 Å². The van der Waals surface area contributed by atoms with Crippen LogP contribution in [0.15, 0.2) is 42.7 Å². The summed E-state index contributed by atoms with van der Waals surface area (Å²) in [5.41, 5.74) is 1.71. The maximum Gasteiger partial charge on any atom is 0.257 e. The molecule has 1 aromatic heterocycles. The Morgan fingerprint density at radius 1 is 1.22 bits per heavy atom. The number of nitrogens with zero attached hydrogens (tertiary/aromatic N) is 3. The minimum atomic E-state index is -0.286. The summed E-state index contributed by atoms with van der Waals surface area (Å²) >= 11 is 0. The van der Waals surface area contributed by atoms with Crippen LogP contribution in [0.4, 0.5) is 5.69 Å². The van der Waals surface area contributed by atoms with Gasteiger partial charge in [-0.2, -0.15) is 0 Å². The van der Waals surface area contributed by atoms with Crippen molar-refractivity contribution in [3.05, 3.63) is 53.9 Å². The van der Waals surface area contributed by atoms with Crippen molar-refractivity contribution in [2.75, 3.05) is 39.2 Å². The molecule has 2 heterocycles. The molecule has 3 amide bonds. The third kappa shape index (κ3) is 6.81. The van der Waals surface area contributed by atoms with E-state index in [2.05, 4.69) is 10.3 Å². The second-order valence-corrected chi connectivity index (χ2v) is 9.29. The normalized spacial score (nSPS) is 21.0. The molecular formula is C27H36N4O5. The molecule has 9 nitrogen and oxygen atoms in total. The van der Waals surface area contributed by atoms with Crippen LogP contribution in [0.1, 0.15) is 43.1 Å². The zero-order valence-corrected chi connectivity index (χ0v) is 21.7. The van der Waals surface area contributed by atoms with Crippen molar-refractivity contribution in [3.63, 3.8) is 0 Å². The van der Waals surface area contributed by atoms with E-state index in [9.17, 15) is 14.4 Å². The summed E-state index contributed by atoms with van der Waals surface area (Å²) in [4.78, 5) is 46.2. The molecule has 1 aliphatic rings. The molecule has 0 saturated carbocycles. The van der Waals surface area contributed by atoms with Gasteiger partial charge in [0.25, 0.3) is 5.91 Å². The number of fused-ring (bicyclic) bond motifs is 1. The Bertz CT molecular complexity index is 1060. The lowest BCUT2D eigenvalue weighted by atomic mass is 10.0. The lowest BCUT2D eigenvalue weighted by Gasteiger charge is -2.36. The summed E-state index contributed by atoms with van der Waals surface area (Å²) < 4.78 is 11.9. The molecule has 3 rings (SSSR count). The van der Waals surface area contributed by atoms with E-state index in [0.717, 1.165) is 5.56 Å². The van der Waals surface area contributed by atoms with Crippen molar-refractivity contribution in [2.24, 2.45) is 5.92 Å². The van der Waals surface area contributed by atoms with Crippen LogP contribution in [0.25, 0.3) is 0 Å². The number of carbonyl (C=O) groups excluding carboxylic acids is 3. The molecule has 194 valence electrons. The van der Waals surface area contributed by atoms with Gasteiger partial charge < -0.3 is 24.6 Å². The fourth-order valence-corrected chi connectivity index (χ4v) is 4.23. The number of carbonyl (C=O) groups is 3. The van der Waals surface area contributed by atoms with Gasteiger partial charge in [-0.3, -0.25) is 19.4 Å². The number of methoxy groups -OCH3 is 1. The highest BCUT2D eigenvalue weighted by molar-refractivity contribution is 5.99. The molecule has 0 bridgehead atoms. The summed E-state index contributed by atoms with van der Waals surface area (Å²) in [5.74, 6) is -0.0470. The number of likely N-dealkylation sites (N-methyl/N-ethyl adjacent to an activating group) is 1. The van der Waals surface area contributed by atoms with Gasteiger partial charge in [0.2, 0.25) is 11.8 Å². The standard InChI is InChI=1S/C27H36N4O5/c1-6-25(32)29-21-9-10-23-22(13-21)27(34)30(4)16-24(35-5)18(2)15-31(19(3)17-36-23)26(33)12-20-8-7-11-28-14-20/h7-11,13-14,18-19,24H,6,12,15-17H2,1-5H3,(H,29,32)/t18-,19+,24-/m0/s1. The number of hydrogen-bond donors (Lipinski definition) is 1. The molecular weight excluding hydrogens is 460 g/mol. The molecule has 0 saturated heterocycles. The monoisotopic (exact) mass is 496 g/mol. The number of aromatic nitrogens is 1. The van der Waals surface area contributed by atoms with E-state index >= 15 is 0 Å². The van der Waals surface area contributed by atoms with Crippen LogP contribution in [-0.4, -0.2) is 78.5 Å². The van der Waals surface area contributed by atoms with Gasteiger partial charge in [0, 0.05) is 57.7 Å². The Labute approximate surface area is 212 Å². The number of benzene rings is 1. The molecule has 0 radical (unpaired) electrons. The summed E-state index contributed by atoms with van der Waals surface area (Å²) in [5, 5.41) is 2.80. The van der Waals surface area contributed by atoms with Crippen molar-refractivity contribution in [1.29, 1.82) is 0 Å². The second kappa shape index (κ2) is 12.5. The molecule has 0 unspecified atom stereocenters. The zero-order chi connectivity index (χ0) is 26.2. The van der Waals surface area contributed by atoms with E-state index in [4.69, 9.17) is 9.47 Å². The minimum absolute atomic E-state index is 0.0276. The number of nitrogens with one attached hydrogen (secondary N) is 1. The van der Waals surface area contributed by atoms with E-state index in [1.165, 1.54) is 0 Å². The molecule has 1 aromatic carbocycles. The molecule has 1 aliphatic heterocycles. The van der Waals surface area contributed by atoms with Gasteiger partial charge in [0.1, 0.15) is 12.4 Å². The maximum absolute atomic E-state index is 13.4. The Morgan fingerprint density at radius 3 is 2.67 bits per heavy atom. The van der Waals surface area contributed by atoms with Gasteiger partial charge in [0.15, 0.2) is 0 Å². The smallest absolute Gasteiger partial charge is 0.257 e. The van der Waals surface area contributed by atoms with Crippen LogP contribution in [0.3, 0.4) is 0 Å². The summed E-state index contributed by atoms with van der Waals surface area (Å²) in [6.07, 6.45) is 3.66. The van der Waals surface area contributed by atoms with Crippen molar-refractivity contribution >= 4 is 23.4 Å². The predicted molar refractivity (Wildman–Crippen MR) is 137 cm³/mol. The Morgan fingerprint density at radius 2 is 2.00 bits per heavy atom. The largest absolute Gasteiger partial charge is 0.491 e. The third-order valence-electron chi connectivity index (χ3n) is 6.45. The number of anilines is 1. The van der Waals surface area contributed by atoms with Gasteiger partial charge in [0.05, 0.1) is 24.1 Å². The second-order valence-electron chi connectivity index (χ2n) is 9.29. The van der Waals surface area contributed by atoms with Crippen LogP contribution in [-0.2, 0) is 20.7 Å². The highest BCUT2D eigenvalue weighted by Gasteiger charge is 2.30. The van der Waals surface area contributed by atoms with E-state index in [0.29, 0.717) is 36.5 Å². The first-order valence-corrected chi connectivity index (χ1v) is 12.3. The molecule has 0 aliphatic carbocycles. The summed E-state index contributed by atoms with van der Waals surface area (Å²) in [7, 11) is 3.33. The molecule has 36 heavy (non-hydrogen) atoms. The summed E-state index contributed by atoms with van der Waals surface area (Å²) in [6.45, 7) is 6.71. The minimum Gasteiger partial charge on any atom is -0.491 e. The molecule has 9 heteroatoms. The fraction of sp³-hybridized carbons (Fsp3) is 0.481. The molecule has 0 fully saturated rings. The third-order valence-corrected chi connectivity index (χ3v) is 6.45. The van der Waals surface area contributed by atoms with E-state index in [-0.39, 0.29) is 48.8 Å². The topological polar surface area (TPSA) is 101 Å². The number of amides is 3. The Balaban J connectivity index is 1.93. The van der Waals surface area contributed by atoms with Gasteiger partial charge in [-0.25, -0.2) is 0 Å². The molecule has 0 spiro atoms. The van der Waals surface area contributed by atoms with Crippen molar-refractivity contribution < 1.29 is 23.9 Å². The van der Waals surface area contributed by atoms with Crippen molar-refractivity contribution in [3.8, 4) is 5.75 Å². The van der Waals surface area contributed by atoms with Gasteiger partial charge in [-0.05, 0) is 36.8 Å². The quantitative estimate of drug-likeness (QED) is 0.683. The molecule has 3 atom stereocenters. The first-order valence-electron chi connectivity index (χ1n) is 12.3. The van der Waals surface area contributed by atoms with Gasteiger partial charge in [-0.15, -0.1) is 0 Å². The van der Waals surface area contributed by atoms with Crippen LogP contribution < -0.4 is 10.1 Å².